The molecule has 1 heterocycles. The minimum atomic E-state index is -1.20. The van der Waals surface area contributed by atoms with Gasteiger partial charge in [0.1, 0.15) is 22.8 Å². The van der Waals surface area contributed by atoms with Gasteiger partial charge in [-0.05, 0) is 30.7 Å². The van der Waals surface area contributed by atoms with Crippen LogP contribution in [0.15, 0.2) is 35.5 Å². The molecule has 7 nitrogen and oxygen atoms in total. The quantitative estimate of drug-likeness (QED) is 0.386. The second-order valence-electron chi connectivity index (χ2n) is 6.44. The minimum Gasteiger partial charge on any atom is -0.479 e. The maximum Gasteiger partial charge on any atom is 0.274 e. The van der Waals surface area contributed by atoms with Crippen molar-refractivity contribution in [1.82, 2.24) is 4.98 Å². The van der Waals surface area contributed by atoms with Crippen molar-refractivity contribution in [3.05, 3.63) is 53.4 Å². The summed E-state index contributed by atoms with van der Waals surface area (Å²) in [5.74, 6) is -0.228. The van der Waals surface area contributed by atoms with Crippen molar-refractivity contribution in [2.75, 3.05) is 19.0 Å². The number of thioether (sulfide) groups is 1. The van der Waals surface area contributed by atoms with Gasteiger partial charge in [-0.25, -0.2) is 13.8 Å². The zero-order chi connectivity index (χ0) is 23.0. The van der Waals surface area contributed by atoms with Crippen LogP contribution in [0.5, 0.6) is 5.75 Å². The van der Waals surface area contributed by atoms with E-state index in [1.807, 2.05) is 6.07 Å². The summed E-state index contributed by atoms with van der Waals surface area (Å²) in [6.45, 7) is 1.59. The predicted molar refractivity (Wildman–Crippen MR) is 116 cm³/mol. The number of amides is 1. The molecule has 0 saturated carbocycles. The highest BCUT2D eigenvalue weighted by Crippen LogP contribution is 2.31. The first-order valence-corrected chi connectivity index (χ1v) is 9.67. The highest BCUT2D eigenvalue weighted by molar-refractivity contribution is 8.15. The van der Waals surface area contributed by atoms with Crippen molar-refractivity contribution in [2.45, 2.75) is 18.1 Å². The van der Waals surface area contributed by atoms with Crippen molar-refractivity contribution in [3.8, 4) is 24.2 Å². The molecule has 0 aliphatic heterocycles. The summed E-state index contributed by atoms with van der Waals surface area (Å²) in [6, 6.07) is 7.05. The number of carbonyl (C=O) groups excluding carboxylic acids is 1. The van der Waals surface area contributed by atoms with Crippen LogP contribution in [-0.4, -0.2) is 34.5 Å². The average Bonchev–Trinajstić information content (AvgIpc) is 2.75. The summed E-state index contributed by atoms with van der Waals surface area (Å²) >= 11 is 0.936. The third-order valence-electron chi connectivity index (χ3n) is 3.97. The molecule has 31 heavy (non-hydrogen) atoms. The summed E-state index contributed by atoms with van der Waals surface area (Å²) < 4.78 is 32.5. The van der Waals surface area contributed by atoms with Crippen LogP contribution in [0.25, 0.3) is 0 Å². The van der Waals surface area contributed by atoms with E-state index in [9.17, 15) is 18.8 Å². The maximum atomic E-state index is 14.4. The molecule has 0 aliphatic carbocycles. The molecule has 0 fully saturated rings. The van der Waals surface area contributed by atoms with Gasteiger partial charge in [-0.1, -0.05) is 17.7 Å². The van der Waals surface area contributed by atoms with Gasteiger partial charge in [-0.2, -0.15) is 5.26 Å². The van der Waals surface area contributed by atoms with E-state index in [-0.39, 0.29) is 35.1 Å². The smallest absolute Gasteiger partial charge is 0.274 e. The molecule has 1 atom stereocenters. The number of hydrogen-bond acceptors (Lipinski definition) is 6. The van der Waals surface area contributed by atoms with Crippen LogP contribution in [0.3, 0.4) is 0 Å². The number of ether oxygens (including phenoxy) is 1. The van der Waals surface area contributed by atoms with Gasteiger partial charge in [0.15, 0.2) is 16.8 Å². The Balaban J connectivity index is 2.23. The van der Waals surface area contributed by atoms with Crippen molar-refractivity contribution >= 4 is 28.5 Å². The molecule has 10 heteroatoms. The number of rotatable bonds is 7. The van der Waals surface area contributed by atoms with Gasteiger partial charge >= 0.3 is 0 Å². The van der Waals surface area contributed by atoms with E-state index in [0.29, 0.717) is 5.75 Å². The van der Waals surface area contributed by atoms with E-state index in [4.69, 9.17) is 16.9 Å². The Labute approximate surface area is 182 Å². The molecular formula is C21H19F2N5O2S. The number of benzene rings is 1. The van der Waals surface area contributed by atoms with Gasteiger partial charge in [0.2, 0.25) is 0 Å². The normalized spacial score (nSPS) is 12.9. The highest BCUT2D eigenvalue weighted by Gasteiger charge is 2.29. The van der Waals surface area contributed by atoms with E-state index in [0.717, 1.165) is 17.8 Å². The van der Waals surface area contributed by atoms with Crippen LogP contribution < -0.4 is 15.8 Å². The molecule has 2 rings (SSSR count). The Hall–Kier alpha value is -3.63. The van der Waals surface area contributed by atoms with Crippen LogP contribution in [-0.2, 0) is 6.42 Å². The van der Waals surface area contributed by atoms with Gasteiger partial charge in [0, 0.05) is 25.2 Å². The molecule has 0 saturated heterocycles. The number of aliphatic imine (C=N–C) groups is 1. The number of pyridine rings is 1. The van der Waals surface area contributed by atoms with Gasteiger partial charge in [0.25, 0.3) is 5.91 Å². The van der Waals surface area contributed by atoms with Crippen molar-refractivity contribution in [2.24, 2.45) is 10.7 Å². The molecule has 0 unspecified atom stereocenters. The van der Waals surface area contributed by atoms with Crippen molar-refractivity contribution in [1.29, 1.82) is 5.26 Å². The number of aromatic nitrogens is 1. The lowest BCUT2D eigenvalue weighted by atomic mass is 10.00. The Morgan fingerprint density at radius 3 is 2.77 bits per heavy atom. The third kappa shape index (κ3) is 6.43. The van der Waals surface area contributed by atoms with Gasteiger partial charge in [-0.15, -0.1) is 6.42 Å². The predicted octanol–water partition coefficient (Wildman–Crippen LogP) is 3.13. The summed E-state index contributed by atoms with van der Waals surface area (Å²) in [4.78, 5) is 20.2. The number of anilines is 1. The molecule has 0 aliphatic rings. The lowest BCUT2D eigenvalue weighted by Crippen LogP contribution is -2.27. The van der Waals surface area contributed by atoms with Gasteiger partial charge < -0.3 is 15.8 Å². The van der Waals surface area contributed by atoms with Crippen LogP contribution in [0, 0.1) is 35.3 Å². The first-order chi connectivity index (χ1) is 14.7. The Morgan fingerprint density at radius 1 is 1.45 bits per heavy atom. The molecule has 0 radical (unpaired) electrons. The second kappa shape index (κ2) is 10.4. The first-order valence-electron chi connectivity index (χ1n) is 8.85. The average molecular weight is 443 g/mol. The molecule has 3 N–H and O–H groups in total. The number of nitrogens with one attached hydrogen (secondary N) is 1. The Kier molecular flexibility index (Phi) is 7.94. The molecule has 160 valence electrons. The zero-order valence-corrected chi connectivity index (χ0v) is 17.6. The molecule has 1 aromatic heterocycles. The maximum absolute atomic E-state index is 14.4. The number of halogens is 2. The highest BCUT2D eigenvalue weighted by atomic mass is 32.2. The Morgan fingerprint density at radius 2 is 2.19 bits per heavy atom. The van der Waals surface area contributed by atoms with Gasteiger partial charge in [0.05, 0.1) is 12.3 Å². The summed E-state index contributed by atoms with van der Waals surface area (Å²) in [5, 5.41) is 12.1. The number of amidine groups is 1. The van der Waals surface area contributed by atoms with Crippen LogP contribution >= 0.6 is 11.8 Å². The largest absolute Gasteiger partial charge is 0.479 e. The standard InChI is InChI=1S/C21H19F2N5O2S/c1-4-7-30-15-5-6-17(27-11-15)19(29)28-14-8-13(18(23)16(22)9-14)10-21(2,12-24)31-20(25)26-3/h1,5-6,8-9,11H,7,10H2,2-3H3,(H2,25,26)(H,28,29)/t21-/m1/s1. The number of carbonyl (C=O) groups is 1. The van der Waals surface area contributed by atoms with E-state index in [1.54, 1.807) is 0 Å². The molecule has 0 bridgehead atoms. The van der Waals surface area contributed by atoms with Gasteiger partial charge in [-0.3, -0.25) is 9.79 Å². The SMILES string of the molecule is C#CCOc1ccc(C(=O)Nc2cc(F)c(F)c(C[C@](C)(C#N)S/C(N)=N\C)c2)nc1. The van der Waals surface area contributed by atoms with Crippen LogP contribution in [0.2, 0.25) is 0 Å². The fraction of sp³-hybridized carbons (Fsp3) is 0.238. The van der Waals surface area contributed by atoms with E-state index in [1.165, 1.54) is 38.4 Å². The lowest BCUT2D eigenvalue weighted by Gasteiger charge is -2.21. The lowest BCUT2D eigenvalue weighted by molar-refractivity contribution is 0.102. The summed E-state index contributed by atoms with van der Waals surface area (Å²) in [7, 11) is 1.46. The third-order valence-corrected chi connectivity index (χ3v) is 5.04. The number of nitrogens with zero attached hydrogens (tertiary/aromatic N) is 3. The number of nitriles is 1. The van der Waals surface area contributed by atoms with E-state index >= 15 is 0 Å². The molecular weight excluding hydrogens is 424 g/mol. The molecule has 0 spiro atoms. The number of hydrogen-bond donors (Lipinski definition) is 2. The van der Waals surface area contributed by atoms with Crippen molar-refractivity contribution < 1.29 is 18.3 Å². The van der Waals surface area contributed by atoms with Crippen LogP contribution in [0.1, 0.15) is 23.0 Å². The van der Waals surface area contributed by atoms with E-state index < -0.39 is 22.3 Å². The summed E-state index contributed by atoms with van der Waals surface area (Å²) in [6.07, 6.45) is 6.25. The fourth-order valence-electron chi connectivity index (χ4n) is 2.51. The van der Waals surface area contributed by atoms with Crippen LogP contribution in [0.4, 0.5) is 14.5 Å². The molecule has 2 aromatic rings. The zero-order valence-electron chi connectivity index (χ0n) is 16.8. The summed E-state index contributed by atoms with van der Waals surface area (Å²) in [5.41, 5.74) is 5.61. The number of nitrogens with two attached hydrogens (primary N) is 1. The topological polar surface area (TPSA) is 113 Å². The number of terminal acetylenes is 1. The minimum absolute atomic E-state index is 0.00998. The molecule has 1 aromatic carbocycles. The fourth-order valence-corrected chi connectivity index (χ4v) is 3.33. The monoisotopic (exact) mass is 443 g/mol. The first kappa shape index (κ1) is 23.6. The van der Waals surface area contributed by atoms with E-state index in [2.05, 4.69) is 21.2 Å². The van der Waals surface area contributed by atoms with Crippen molar-refractivity contribution in [3.63, 3.8) is 0 Å². The molecule has 1 amide bonds. The second-order valence-corrected chi connectivity index (χ2v) is 7.96. The Bertz CT molecular complexity index is 1080.